The van der Waals surface area contributed by atoms with E-state index in [0.29, 0.717) is 0 Å². The molecule has 8 aromatic carbocycles. The first-order valence-electron chi connectivity index (χ1n) is 23.0. The van der Waals surface area contributed by atoms with Gasteiger partial charge in [-0.15, -0.1) is 0 Å². The van der Waals surface area contributed by atoms with Gasteiger partial charge in [-0.3, -0.25) is 0 Å². The Kier molecular flexibility index (Phi) is 10.5. The molecule has 0 fully saturated rings. The van der Waals surface area contributed by atoms with Crippen LogP contribution in [0.3, 0.4) is 0 Å². The SMILES string of the molecule is C=C/C(=C\C=C(/C)CC)c1ccc(N(c2ccc(/C(C)=c3\oc4ccccc4\c3=C\C)cc2)c2cc(-n3c4ccc#cc4c4ccccc43)cc(-n3c4ccccc4c4ccccc43)c2)cc1. The molecule has 11 aromatic rings. The van der Waals surface area contributed by atoms with Gasteiger partial charge >= 0.3 is 0 Å². The molecule has 0 aliphatic heterocycles. The summed E-state index contributed by atoms with van der Waals surface area (Å²) in [7, 11) is 0. The van der Waals surface area contributed by atoms with Gasteiger partial charge in [-0.2, -0.15) is 0 Å². The van der Waals surface area contributed by atoms with Crippen LogP contribution in [0.4, 0.5) is 17.1 Å². The predicted molar refractivity (Wildman–Crippen MR) is 283 cm³/mol. The average Bonchev–Trinajstić information content (AvgIpc) is 4.05. The van der Waals surface area contributed by atoms with Crippen molar-refractivity contribution in [2.45, 2.75) is 34.1 Å². The van der Waals surface area contributed by atoms with Gasteiger partial charge in [-0.1, -0.05) is 153 Å². The summed E-state index contributed by atoms with van der Waals surface area (Å²) in [5.74, 6) is 0. The van der Waals surface area contributed by atoms with Crippen LogP contribution in [0.2, 0.25) is 0 Å². The third-order valence-corrected chi connectivity index (χ3v) is 13.3. The molecule has 3 heterocycles. The Balaban J connectivity index is 1.17. The maximum Gasteiger partial charge on any atom is 0.138 e. The number of para-hydroxylation sites is 4. The zero-order valence-corrected chi connectivity index (χ0v) is 38.2. The summed E-state index contributed by atoms with van der Waals surface area (Å²) in [6, 6.07) is 69.9. The second kappa shape index (κ2) is 17.1. The van der Waals surface area contributed by atoms with Crippen LogP contribution < -0.4 is 15.5 Å². The zero-order chi connectivity index (χ0) is 45.6. The van der Waals surface area contributed by atoms with E-state index in [1.165, 1.54) is 16.3 Å². The van der Waals surface area contributed by atoms with E-state index < -0.39 is 0 Å². The van der Waals surface area contributed by atoms with Crippen LogP contribution >= 0.6 is 0 Å². The molecule has 0 saturated heterocycles. The minimum Gasteiger partial charge on any atom is -0.456 e. The van der Waals surface area contributed by atoms with Gasteiger partial charge in [-0.25, -0.2) is 0 Å². The molecule has 4 nitrogen and oxygen atoms in total. The number of fused-ring (bicyclic) bond motifs is 7. The van der Waals surface area contributed by atoms with Crippen molar-refractivity contribution in [3.05, 3.63) is 240 Å². The van der Waals surface area contributed by atoms with Crippen LogP contribution in [0.15, 0.2) is 211 Å². The fourth-order valence-corrected chi connectivity index (χ4v) is 9.73. The molecule has 0 aliphatic rings. The number of hydrogen-bond donors (Lipinski definition) is 0. The summed E-state index contributed by atoms with van der Waals surface area (Å²) in [4.78, 5) is 2.38. The Morgan fingerprint density at radius 2 is 1.15 bits per heavy atom. The standard InChI is InChI=1S/C63H49N3O/c1-6-42(4)29-30-44(7-2)46-33-37-48(38-34-46)64(47-35-31-45(32-36-47)43(5)63-52(8-3)57-23-13-18-28-62(57)67-63)49-39-50(65-58-24-14-9-19-53(58)54-20-10-15-25-59(54)65)41-51(40-49)66-60-26-16-11-21-55(60)56-22-12-17-27-61(56)66/h7-11,13-21,23-41H,2,6H2,1,3-5H3/b42-29+,44-30+,52-8-,63-43-. The van der Waals surface area contributed by atoms with Crippen molar-refractivity contribution in [2.24, 2.45) is 0 Å². The highest BCUT2D eigenvalue weighted by atomic mass is 16.3. The van der Waals surface area contributed by atoms with Gasteiger partial charge < -0.3 is 18.5 Å². The highest BCUT2D eigenvalue weighted by Gasteiger charge is 2.21. The van der Waals surface area contributed by atoms with Gasteiger partial charge in [0.1, 0.15) is 11.0 Å². The van der Waals surface area contributed by atoms with Crippen LogP contribution in [-0.2, 0) is 0 Å². The molecule has 4 heteroatoms. The summed E-state index contributed by atoms with van der Waals surface area (Å²) in [6.07, 6.45) is 9.45. The van der Waals surface area contributed by atoms with Crippen LogP contribution in [-0.4, -0.2) is 9.13 Å². The number of benzene rings is 7. The summed E-state index contributed by atoms with van der Waals surface area (Å²) in [5, 5.41) is 6.84. The lowest BCUT2D eigenvalue weighted by Crippen LogP contribution is -2.22. The highest BCUT2D eigenvalue weighted by Crippen LogP contribution is 2.42. The monoisotopic (exact) mass is 863 g/mol. The zero-order valence-electron chi connectivity index (χ0n) is 38.2. The van der Waals surface area contributed by atoms with E-state index in [0.717, 1.165) is 112 Å². The van der Waals surface area contributed by atoms with Crippen molar-refractivity contribution in [3.8, 4) is 11.4 Å². The van der Waals surface area contributed by atoms with Crippen molar-refractivity contribution in [2.75, 3.05) is 4.90 Å². The summed E-state index contributed by atoms with van der Waals surface area (Å²) < 4.78 is 11.3. The first kappa shape index (κ1) is 41.2. The van der Waals surface area contributed by atoms with E-state index in [1.54, 1.807) is 0 Å². The van der Waals surface area contributed by atoms with E-state index in [-0.39, 0.29) is 0 Å². The highest BCUT2D eigenvalue weighted by molar-refractivity contribution is 6.10. The molecule has 0 amide bonds. The molecule has 0 radical (unpaired) electrons. The number of rotatable bonds is 10. The van der Waals surface area contributed by atoms with Gasteiger partial charge in [0.15, 0.2) is 0 Å². The fourth-order valence-electron chi connectivity index (χ4n) is 9.73. The molecule has 0 unspecified atom stereocenters. The molecule has 0 aliphatic carbocycles. The molecule has 0 N–H and O–H groups in total. The number of furan rings is 1. The number of aromatic nitrogens is 2. The van der Waals surface area contributed by atoms with Crippen LogP contribution in [0.5, 0.6) is 0 Å². The second-order valence-electron chi connectivity index (χ2n) is 17.2. The molecular formula is C63H49N3O. The lowest BCUT2D eigenvalue weighted by molar-refractivity contribution is 0.572. The van der Waals surface area contributed by atoms with Crippen LogP contribution in [0.1, 0.15) is 45.2 Å². The van der Waals surface area contributed by atoms with Crippen molar-refractivity contribution < 1.29 is 4.42 Å². The Morgan fingerprint density at radius 3 is 1.76 bits per heavy atom. The smallest absolute Gasteiger partial charge is 0.138 e. The van der Waals surface area contributed by atoms with Crippen molar-refractivity contribution >= 4 is 88.9 Å². The summed E-state index contributed by atoms with van der Waals surface area (Å²) in [5.41, 5.74) is 17.1. The van der Waals surface area contributed by atoms with Crippen molar-refractivity contribution in [1.29, 1.82) is 0 Å². The van der Waals surface area contributed by atoms with Gasteiger partial charge in [0.2, 0.25) is 0 Å². The first-order chi connectivity index (χ1) is 32.9. The molecule has 0 bridgehead atoms. The van der Waals surface area contributed by atoms with E-state index in [4.69, 9.17) is 4.42 Å². The van der Waals surface area contributed by atoms with Gasteiger partial charge in [-0.05, 0) is 128 Å². The first-order valence-corrected chi connectivity index (χ1v) is 23.0. The Bertz CT molecular complexity index is 3650. The van der Waals surface area contributed by atoms with Crippen molar-refractivity contribution in [3.63, 3.8) is 0 Å². The molecule has 0 spiro atoms. The molecule has 67 heavy (non-hydrogen) atoms. The van der Waals surface area contributed by atoms with E-state index in [2.05, 4.69) is 236 Å². The summed E-state index contributed by atoms with van der Waals surface area (Å²) in [6.45, 7) is 12.8. The number of hydrogen-bond acceptors (Lipinski definition) is 2. The molecule has 0 saturated carbocycles. The number of allylic oxidation sites excluding steroid dienone is 5. The Morgan fingerprint density at radius 1 is 0.597 bits per heavy atom. The van der Waals surface area contributed by atoms with Crippen molar-refractivity contribution in [1.82, 2.24) is 9.13 Å². The lowest BCUT2D eigenvalue weighted by Gasteiger charge is -2.28. The van der Waals surface area contributed by atoms with E-state index in [1.807, 2.05) is 24.3 Å². The fraction of sp³-hybridized carbons (Fsp3) is 0.0794. The third-order valence-electron chi connectivity index (χ3n) is 13.3. The Hall–Kier alpha value is -8.52. The van der Waals surface area contributed by atoms with Gasteiger partial charge in [0, 0.05) is 38.1 Å². The predicted octanol–water partition coefficient (Wildman–Crippen LogP) is 15.6. The normalized spacial score (nSPS) is 13.0. The molecule has 0 atom stereocenters. The topological polar surface area (TPSA) is 26.2 Å². The lowest BCUT2D eigenvalue weighted by atomic mass is 10.0. The number of anilines is 3. The molecule has 3 aromatic heterocycles. The molecule has 322 valence electrons. The van der Waals surface area contributed by atoms with E-state index >= 15 is 0 Å². The van der Waals surface area contributed by atoms with Gasteiger partial charge in [0.05, 0.1) is 44.5 Å². The quantitative estimate of drug-likeness (QED) is 0.128. The van der Waals surface area contributed by atoms with Crippen LogP contribution in [0.25, 0.3) is 83.2 Å². The molecule has 11 rings (SSSR count). The average molecular weight is 864 g/mol. The summed E-state index contributed by atoms with van der Waals surface area (Å²) >= 11 is 0. The van der Waals surface area contributed by atoms with Gasteiger partial charge in [0.25, 0.3) is 0 Å². The maximum absolute atomic E-state index is 6.52. The van der Waals surface area contributed by atoms with E-state index in [9.17, 15) is 0 Å². The second-order valence-corrected chi connectivity index (χ2v) is 17.2. The minimum atomic E-state index is 0.889. The Labute approximate surface area is 391 Å². The van der Waals surface area contributed by atoms with Crippen LogP contribution in [0, 0.1) is 12.1 Å². The largest absolute Gasteiger partial charge is 0.456 e. The minimum absolute atomic E-state index is 0.889. The number of nitrogens with zero attached hydrogens (tertiary/aromatic N) is 3. The maximum atomic E-state index is 6.52. The third kappa shape index (κ3) is 7.13. The molecular weight excluding hydrogens is 815 g/mol.